The number of ether oxygens (including phenoxy) is 1. The van der Waals surface area contributed by atoms with Crippen LogP contribution in [-0.2, 0) is 15.1 Å². The number of rotatable bonds is 7. The van der Waals surface area contributed by atoms with Gasteiger partial charge in [-0.1, -0.05) is 18.7 Å². The lowest BCUT2D eigenvalue weighted by Crippen LogP contribution is -2.49. The van der Waals surface area contributed by atoms with Crippen molar-refractivity contribution in [2.75, 3.05) is 40.3 Å². The second-order valence-electron chi connectivity index (χ2n) is 8.76. The molecule has 0 radical (unpaired) electrons. The van der Waals surface area contributed by atoms with E-state index in [1.165, 1.54) is 0 Å². The molecule has 3 rings (SSSR count). The number of carbonyl (C=O) groups is 3. The van der Waals surface area contributed by atoms with E-state index in [4.69, 9.17) is 4.74 Å². The van der Waals surface area contributed by atoms with Gasteiger partial charge in [0.25, 0.3) is 5.91 Å². The third-order valence-corrected chi connectivity index (χ3v) is 6.11. The average molecular weight is 429 g/mol. The van der Waals surface area contributed by atoms with Gasteiger partial charge in [-0.15, -0.1) is 0 Å². The van der Waals surface area contributed by atoms with Crippen LogP contribution in [0.4, 0.5) is 4.79 Å². The molecule has 2 aliphatic heterocycles. The smallest absolute Gasteiger partial charge is 0.325 e. The highest BCUT2D eigenvalue weighted by molar-refractivity contribution is 6.09. The molecule has 8 heteroatoms. The lowest BCUT2D eigenvalue weighted by molar-refractivity contribution is -0.139. The van der Waals surface area contributed by atoms with E-state index in [1.54, 1.807) is 43.1 Å². The first kappa shape index (κ1) is 22.8. The van der Waals surface area contributed by atoms with E-state index in [2.05, 4.69) is 23.8 Å². The van der Waals surface area contributed by atoms with E-state index >= 15 is 0 Å². The summed E-state index contributed by atoms with van der Waals surface area (Å²) in [5.74, 6) is -0.0111. The summed E-state index contributed by atoms with van der Waals surface area (Å²) in [5, 5.41) is 2.75. The zero-order valence-electron chi connectivity index (χ0n) is 18.8. The Kier molecular flexibility index (Phi) is 6.69. The van der Waals surface area contributed by atoms with Crippen LogP contribution in [0.15, 0.2) is 36.4 Å². The molecule has 4 amide bonds. The molecule has 2 fully saturated rings. The summed E-state index contributed by atoms with van der Waals surface area (Å²) >= 11 is 0. The third-order valence-electron chi connectivity index (χ3n) is 6.11. The molecule has 168 valence electrons. The second kappa shape index (κ2) is 9.09. The highest BCUT2D eigenvalue weighted by Gasteiger charge is 2.49. The molecule has 0 aromatic heterocycles. The van der Waals surface area contributed by atoms with Gasteiger partial charge >= 0.3 is 6.03 Å². The van der Waals surface area contributed by atoms with E-state index < -0.39 is 17.5 Å². The summed E-state index contributed by atoms with van der Waals surface area (Å²) < 4.78 is 5.59. The zero-order valence-corrected chi connectivity index (χ0v) is 18.8. The van der Waals surface area contributed by atoms with E-state index in [9.17, 15) is 14.4 Å². The first-order chi connectivity index (χ1) is 14.6. The van der Waals surface area contributed by atoms with Crippen molar-refractivity contribution in [2.45, 2.75) is 38.3 Å². The molecule has 1 aromatic rings. The first-order valence-electron chi connectivity index (χ1n) is 10.6. The van der Waals surface area contributed by atoms with Crippen LogP contribution in [0.3, 0.4) is 0 Å². The first-order valence-corrected chi connectivity index (χ1v) is 10.6. The van der Waals surface area contributed by atoms with Gasteiger partial charge in [0.15, 0.2) is 0 Å². The van der Waals surface area contributed by atoms with Crippen LogP contribution in [0.2, 0.25) is 0 Å². The van der Waals surface area contributed by atoms with Gasteiger partial charge in [0, 0.05) is 13.1 Å². The fraction of sp³-hybridized carbons (Fsp3) is 0.522. The maximum atomic E-state index is 13.1. The topological polar surface area (TPSA) is 82.2 Å². The number of urea groups is 1. The molecular formula is C23H32N4O4. The Balaban J connectivity index is 1.66. The minimum Gasteiger partial charge on any atom is -0.489 e. The molecule has 2 saturated heterocycles. The lowest BCUT2D eigenvalue weighted by atomic mass is 9.92. The van der Waals surface area contributed by atoms with Gasteiger partial charge in [0.1, 0.15) is 24.4 Å². The number of amides is 4. The molecule has 2 aliphatic rings. The van der Waals surface area contributed by atoms with Crippen LogP contribution in [0.5, 0.6) is 5.75 Å². The quantitative estimate of drug-likeness (QED) is 0.530. The van der Waals surface area contributed by atoms with Crippen LogP contribution in [0.25, 0.3) is 0 Å². The zero-order chi connectivity index (χ0) is 22.8. The molecule has 0 aliphatic carbocycles. The molecular weight excluding hydrogens is 396 g/mol. The summed E-state index contributed by atoms with van der Waals surface area (Å²) in [6, 6.07) is 6.59. The highest BCUT2D eigenvalue weighted by Crippen LogP contribution is 2.30. The van der Waals surface area contributed by atoms with Gasteiger partial charge in [-0.2, -0.15) is 0 Å². The number of carbonyl (C=O) groups excluding carboxylic acids is 3. The summed E-state index contributed by atoms with van der Waals surface area (Å²) in [5.41, 5.74) is 0.308. The van der Waals surface area contributed by atoms with Crippen molar-refractivity contribution < 1.29 is 19.1 Å². The van der Waals surface area contributed by atoms with Gasteiger partial charge in [0.05, 0.1) is 0 Å². The molecule has 8 nitrogen and oxygen atoms in total. The molecule has 0 bridgehead atoms. The van der Waals surface area contributed by atoms with Crippen LogP contribution in [0, 0.1) is 0 Å². The van der Waals surface area contributed by atoms with Crippen LogP contribution >= 0.6 is 0 Å². The van der Waals surface area contributed by atoms with Gasteiger partial charge < -0.3 is 19.9 Å². The number of piperidine rings is 1. The molecule has 1 aromatic carbocycles. The normalized spacial score (nSPS) is 22.4. The summed E-state index contributed by atoms with van der Waals surface area (Å²) in [6.45, 7) is 9.33. The van der Waals surface area contributed by atoms with E-state index in [0.29, 0.717) is 17.9 Å². The predicted molar refractivity (Wildman–Crippen MR) is 118 cm³/mol. The highest BCUT2D eigenvalue weighted by atomic mass is 16.5. The Morgan fingerprint density at radius 1 is 1.26 bits per heavy atom. The van der Waals surface area contributed by atoms with Crippen molar-refractivity contribution in [2.24, 2.45) is 0 Å². The number of hydrogen-bond donors (Lipinski definition) is 1. The van der Waals surface area contributed by atoms with Crippen molar-refractivity contribution >= 4 is 17.8 Å². The predicted octanol–water partition coefficient (Wildman–Crippen LogP) is 1.96. The summed E-state index contributed by atoms with van der Waals surface area (Å²) in [6.07, 6.45) is 1.77. The maximum absolute atomic E-state index is 13.1. The number of benzene rings is 1. The Hall–Kier alpha value is -2.87. The molecule has 1 N–H and O–H groups in total. The van der Waals surface area contributed by atoms with E-state index in [1.807, 2.05) is 6.92 Å². The number of nitrogens with zero attached hydrogens (tertiary/aromatic N) is 3. The van der Waals surface area contributed by atoms with Crippen molar-refractivity contribution in [3.8, 4) is 5.75 Å². The monoisotopic (exact) mass is 428 g/mol. The number of likely N-dealkylation sites (tertiary alicyclic amines) is 1. The Morgan fingerprint density at radius 2 is 1.87 bits per heavy atom. The van der Waals surface area contributed by atoms with Crippen molar-refractivity contribution in [3.05, 3.63) is 42.0 Å². The Labute approximate surface area is 183 Å². The minimum atomic E-state index is -1.23. The van der Waals surface area contributed by atoms with Crippen LogP contribution in [0.1, 0.15) is 32.3 Å². The molecule has 31 heavy (non-hydrogen) atoms. The van der Waals surface area contributed by atoms with Gasteiger partial charge in [-0.05, 0) is 70.1 Å². The standard InChI is InChI=1S/C23H32N4O4/c1-16(2)15-31-19-8-6-17(7-9-19)23(3)21(29)27(22(30)24-23)14-20(28)26(5)18-10-12-25(4)13-11-18/h6-9,18H,1,10-15H2,2-5H3,(H,24,30). The maximum Gasteiger partial charge on any atom is 0.325 e. The number of imide groups is 1. The van der Waals surface area contributed by atoms with Crippen molar-refractivity contribution in [3.63, 3.8) is 0 Å². The number of nitrogens with one attached hydrogen (secondary N) is 1. The van der Waals surface area contributed by atoms with Crippen molar-refractivity contribution in [1.29, 1.82) is 0 Å². The number of hydrogen-bond acceptors (Lipinski definition) is 5. The fourth-order valence-electron chi connectivity index (χ4n) is 3.96. The molecule has 0 saturated carbocycles. The number of likely N-dealkylation sites (N-methyl/N-ethyl adjacent to an activating group) is 1. The Morgan fingerprint density at radius 3 is 2.45 bits per heavy atom. The molecule has 2 heterocycles. The fourth-order valence-corrected chi connectivity index (χ4v) is 3.96. The molecule has 0 spiro atoms. The van der Waals surface area contributed by atoms with Gasteiger partial charge in [0.2, 0.25) is 5.91 Å². The Bertz CT molecular complexity index is 861. The minimum absolute atomic E-state index is 0.127. The summed E-state index contributed by atoms with van der Waals surface area (Å²) in [7, 11) is 3.81. The van der Waals surface area contributed by atoms with E-state index in [-0.39, 0.29) is 18.5 Å². The molecule has 1 unspecified atom stereocenters. The second-order valence-corrected chi connectivity index (χ2v) is 8.76. The third kappa shape index (κ3) is 4.90. The average Bonchev–Trinajstić information content (AvgIpc) is 2.96. The van der Waals surface area contributed by atoms with Crippen LogP contribution < -0.4 is 10.1 Å². The molecule has 1 atom stereocenters. The summed E-state index contributed by atoms with van der Waals surface area (Å²) in [4.78, 5) is 43.4. The van der Waals surface area contributed by atoms with Crippen molar-refractivity contribution in [1.82, 2.24) is 20.0 Å². The van der Waals surface area contributed by atoms with Gasteiger partial charge in [-0.3, -0.25) is 14.5 Å². The van der Waals surface area contributed by atoms with Gasteiger partial charge in [-0.25, -0.2) is 4.79 Å². The SMILES string of the molecule is C=C(C)COc1ccc(C2(C)NC(=O)N(CC(=O)N(C)C3CCN(C)CC3)C2=O)cc1. The van der Waals surface area contributed by atoms with E-state index in [0.717, 1.165) is 36.4 Å². The largest absolute Gasteiger partial charge is 0.489 e. The van der Waals surface area contributed by atoms with Crippen LogP contribution in [-0.4, -0.2) is 78.9 Å². The lowest BCUT2D eigenvalue weighted by Gasteiger charge is -2.35.